The molecule has 2 aromatic heterocycles. The van der Waals surface area contributed by atoms with Gasteiger partial charge in [-0.05, 0) is 51.6 Å². The molecule has 1 aliphatic rings. The number of fused-ring (bicyclic) bond motifs is 1. The Morgan fingerprint density at radius 3 is 2.70 bits per heavy atom. The highest BCUT2D eigenvalue weighted by Crippen LogP contribution is 2.36. The molecule has 3 rings (SSSR count). The summed E-state index contributed by atoms with van der Waals surface area (Å²) in [5.41, 5.74) is 6.67. The zero-order valence-corrected chi connectivity index (χ0v) is 14.6. The molecule has 7 heteroatoms. The summed E-state index contributed by atoms with van der Waals surface area (Å²) in [4.78, 5) is 8.33. The zero-order chi connectivity index (χ0) is 17.0. The Kier molecular flexibility index (Phi) is 5.97. The lowest BCUT2D eigenvalue weighted by Crippen LogP contribution is -2.20. The molecule has 1 fully saturated rings. The fourth-order valence-electron chi connectivity index (χ4n) is 2.75. The predicted molar refractivity (Wildman–Crippen MR) is 91.3 cm³/mol. The van der Waals surface area contributed by atoms with Crippen molar-refractivity contribution >= 4 is 22.6 Å². The minimum Gasteiger partial charge on any atom is -0.366 e. The third-order valence-electron chi connectivity index (χ3n) is 4.20. The Hall–Kier alpha value is -1.21. The van der Waals surface area contributed by atoms with E-state index in [1.165, 1.54) is 26.3 Å². The maximum absolute atomic E-state index is 8.60. The first-order valence-corrected chi connectivity index (χ1v) is 8.18. The maximum Gasteiger partial charge on any atom is 0.159 e. The quantitative estimate of drug-likeness (QED) is 0.662. The number of aliphatic hydroxyl groups is 1. The van der Waals surface area contributed by atoms with Gasteiger partial charge in [-0.25, -0.2) is 9.97 Å². The summed E-state index contributed by atoms with van der Waals surface area (Å²) >= 11 is 6.05. The van der Waals surface area contributed by atoms with Crippen LogP contribution in [0.15, 0.2) is 18.6 Å². The van der Waals surface area contributed by atoms with Gasteiger partial charge >= 0.3 is 0 Å². The molecule has 1 saturated carbocycles. The van der Waals surface area contributed by atoms with Crippen LogP contribution in [0, 0.1) is 5.92 Å². The summed E-state index contributed by atoms with van der Waals surface area (Å²) in [6, 6.07) is 2.50. The molecule has 0 bridgehead atoms. The lowest BCUT2D eigenvalue weighted by atomic mass is 10.1. The van der Waals surface area contributed by atoms with Gasteiger partial charge in [0.15, 0.2) is 5.79 Å². The van der Waals surface area contributed by atoms with Gasteiger partial charge in [0.1, 0.15) is 17.1 Å². The molecule has 23 heavy (non-hydrogen) atoms. The first-order chi connectivity index (χ1) is 10.9. The summed E-state index contributed by atoms with van der Waals surface area (Å²) in [6.45, 7) is 3.94. The normalized spacial score (nSPS) is 21.3. The topological polar surface area (TPSA) is 86.2 Å². The average Bonchev–Trinajstić information content (AvgIpc) is 3.13. The van der Waals surface area contributed by atoms with Gasteiger partial charge in [0, 0.05) is 19.3 Å². The first-order valence-electron chi connectivity index (χ1n) is 7.80. The molecule has 0 aliphatic heterocycles. The molecule has 0 saturated heterocycles. The lowest BCUT2D eigenvalue weighted by Gasteiger charge is -2.13. The van der Waals surface area contributed by atoms with Gasteiger partial charge < -0.3 is 20.1 Å². The molecule has 0 spiro atoms. The van der Waals surface area contributed by atoms with Crippen LogP contribution in [-0.2, 0) is 4.74 Å². The summed E-state index contributed by atoms with van der Waals surface area (Å²) in [6.07, 6.45) is 7.11. The largest absolute Gasteiger partial charge is 0.366 e. The molecule has 2 aromatic rings. The third kappa shape index (κ3) is 4.64. The van der Waals surface area contributed by atoms with E-state index in [0.717, 1.165) is 24.0 Å². The summed E-state index contributed by atoms with van der Waals surface area (Å²) in [7, 11) is 1.46. The molecule has 6 nitrogen and oxygen atoms in total. The van der Waals surface area contributed by atoms with Crippen LogP contribution >= 0.6 is 11.6 Å². The lowest BCUT2D eigenvalue weighted by molar-refractivity contribution is -0.155. The summed E-state index contributed by atoms with van der Waals surface area (Å²) < 4.78 is 6.71. The van der Waals surface area contributed by atoms with Crippen molar-refractivity contribution < 1.29 is 9.84 Å². The van der Waals surface area contributed by atoms with Crippen molar-refractivity contribution in [3.63, 3.8) is 0 Å². The van der Waals surface area contributed by atoms with Crippen LogP contribution in [0.4, 0.5) is 0 Å². The highest BCUT2D eigenvalue weighted by molar-refractivity contribution is 6.33. The molecule has 0 amide bonds. The Balaban J connectivity index is 0.000000277. The molecule has 0 radical (unpaired) electrons. The SMILES string of the molecule is COC(C)(C)O.NCC1CCC(n2ccc3c(Cl)ncnc32)C1. The van der Waals surface area contributed by atoms with Crippen molar-refractivity contribution in [3.05, 3.63) is 23.7 Å². The first kappa shape index (κ1) is 18.1. The van der Waals surface area contributed by atoms with E-state index in [1.807, 2.05) is 6.07 Å². The zero-order valence-electron chi connectivity index (χ0n) is 13.9. The molecule has 1 aliphatic carbocycles. The fraction of sp³-hybridized carbons (Fsp3) is 0.625. The molecular formula is C16H25ClN4O2. The van der Waals surface area contributed by atoms with Crippen LogP contribution in [0.2, 0.25) is 5.15 Å². The van der Waals surface area contributed by atoms with Crippen molar-refractivity contribution in [1.29, 1.82) is 0 Å². The number of hydrogen-bond donors (Lipinski definition) is 2. The standard InChI is InChI=1S/C12H15ClN4.C4H10O2/c13-11-10-3-4-17(12(10)16-7-15-11)9-2-1-8(5-9)6-14;1-4(2,5)6-3/h3-4,7-9H,1-2,5-6,14H2;5H,1-3H3. The second-order valence-corrected chi connectivity index (χ2v) is 6.70. The van der Waals surface area contributed by atoms with Crippen molar-refractivity contribution in [1.82, 2.24) is 14.5 Å². The Labute approximate surface area is 141 Å². The van der Waals surface area contributed by atoms with Gasteiger partial charge in [0.05, 0.1) is 5.39 Å². The van der Waals surface area contributed by atoms with E-state index >= 15 is 0 Å². The van der Waals surface area contributed by atoms with E-state index in [-0.39, 0.29) is 0 Å². The molecular weight excluding hydrogens is 316 g/mol. The summed E-state index contributed by atoms with van der Waals surface area (Å²) in [5, 5.41) is 10.1. The average molecular weight is 341 g/mol. The van der Waals surface area contributed by atoms with Gasteiger partial charge in [-0.1, -0.05) is 11.6 Å². The number of nitrogens with zero attached hydrogens (tertiary/aromatic N) is 3. The fourth-order valence-corrected chi connectivity index (χ4v) is 2.94. The third-order valence-corrected chi connectivity index (χ3v) is 4.50. The Morgan fingerprint density at radius 1 is 1.43 bits per heavy atom. The van der Waals surface area contributed by atoms with Gasteiger partial charge in [0.25, 0.3) is 0 Å². The molecule has 3 N–H and O–H groups in total. The Bertz CT molecular complexity index is 639. The van der Waals surface area contributed by atoms with Crippen molar-refractivity contribution in [2.24, 2.45) is 11.7 Å². The minimum absolute atomic E-state index is 0.506. The van der Waals surface area contributed by atoms with Crippen LogP contribution < -0.4 is 5.73 Å². The van der Waals surface area contributed by atoms with E-state index in [2.05, 4.69) is 25.5 Å². The maximum atomic E-state index is 8.60. The second kappa shape index (κ2) is 7.57. The van der Waals surface area contributed by atoms with Crippen LogP contribution in [0.3, 0.4) is 0 Å². The smallest absolute Gasteiger partial charge is 0.159 e. The number of methoxy groups -OCH3 is 1. The van der Waals surface area contributed by atoms with E-state index in [0.29, 0.717) is 17.1 Å². The molecule has 2 atom stereocenters. The Morgan fingerprint density at radius 2 is 2.13 bits per heavy atom. The number of aromatic nitrogens is 3. The van der Waals surface area contributed by atoms with Crippen LogP contribution in [0.25, 0.3) is 11.0 Å². The van der Waals surface area contributed by atoms with Crippen LogP contribution in [0.1, 0.15) is 39.2 Å². The van der Waals surface area contributed by atoms with Crippen LogP contribution in [-0.4, -0.2) is 39.1 Å². The van der Waals surface area contributed by atoms with Gasteiger partial charge in [-0.15, -0.1) is 0 Å². The number of rotatable bonds is 3. The molecule has 128 valence electrons. The predicted octanol–water partition coefficient (Wildman–Crippen LogP) is 2.75. The van der Waals surface area contributed by atoms with Crippen molar-refractivity contribution in [2.75, 3.05) is 13.7 Å². The van der Waals surface area contributed by atoms with E-state index in [1.54, 1.807) is 13.8 Å². The van der Waals surface area contributed by atoms with E-state index in [9.17, 15) is 0 Å². The molecule has 0 aromatic carbocycles. The molecule has 2 unspecified atom stereocenters. The number of halogens is 1. The number of ether oxygens (including phenoxy) is 1. The number of hydrogen-bond acceptors (Lipinski definition) is 5. The minimum atomic E-state index is -0.958. The van der Waals surface area contributed by atoms with Crippen LogP contribution in [0.5, 0.6) is 0 Å². The van der Waals surface area contributed by atoms with E-state index in [4.69, 9.17) is 22.4 Å². The highest BCUT2D eigenvalue weighted by Gasteiger charge is 2.26. The number of nitrogens with two attached hydrogens (primary N) is 1. The van der Waals surface area contributed by atoms with Crippen molar-refractivity contribution in [2.45, 2.75) is 44.9 Å². The summed E-state index contributed by atoms with van der Waals surface area (Å²) in [5.74, 6) is -0.310. The molecule has 2 heterocycles. The van der Waals surface area contributed by atoms with Gasteiger partial charge in [0.2, 0.25) is 0 Å². The second-order valence-electron chi connectivity index (χ2n) is 6.34. The van der Waals surface area contributed by atoms with Gasteiger partial charge in [-0.3, -0.25) is 0 Å². The van der Waals surface area contributed by atoms with E-state index < -0.39 is 5.79 Å². The van der Waals surface area contributed by atoms with Gasteiger partial charge in [-0.2, -0.15) is 0 Å². The monoisotopic (exact) mass is 340 g/mol. The van der Waals surface area contributed by atoms with Crippen molar-refractivity contribution in [3.8, 4) is 0 Å². The highest BCUT2D eigenvalue weighted by atomic mass is 35.5.